The van der Waals surface area contributed by atoms with Gasteiger partial charge in [-0.2, -0.15) is 4.90 Å². The number of nitrogens with zero attached hydrogens (tertiary/aromatic N) is 1. The van der Waals surface area contributed by atoms with Gasteiger partial charge in [-0.1, -0.05) is 0 Å². The highest BCUT2D eigenvalue weighted by Gasteiger charge is 2.35. The summed E-state index contributed by atoms with van der Waals surface area (Å²) in [5.41, 5.74) is 0. The summed E-state index contributed by atoms with van der Waals surface area (Å²) in [4.78, 5) is 56.2. The molecule has 0 aromatic rings. The maximum absolute atomic E-state index is 11.5. The molecule has 4 amide bonds. The summed E-state index contributed by atoms with van der Waals surface area (Å²) in [7, 11) is 0. The molecule has 1 rings (SSSR count). The highest BCUT2D eigenvalue weighted by atomic mass is 16.6. The first kappa shape index (κ1) is 18.5. The Kier molecular flexibility index (Phi) is 7.09. The summed E-state index contributed by atoms with van der Waals surface area (Å²) in [5.74, 6) is -3.00. The second-order valence-electron chi connectivity index (χ2n) is 4.47. The molecule has 1 aliphatic rings. The fourth-order valence-electron chi connectivity index (χ4n) is 1.53. The average molecular weight is 332 g/mol. The van der Waals surface area contributed by atoms with E-state index in [1.807, 2.05) is 5.32 Å². The van der Waals surface area contributed by atoms with Gasteiger partial charge in [0.15, 0.2) is 0 Å². The Balaban J connectivity index is 2.23. The van der Waals surface area contributed by atoms with Crippen molar-refractivity contribution in [3.05, 3.63) is 0 Å². The predicted molar refractivity (Wildman–Crippen MR) is 69.5 cm³/mol. The van der Waals surface area contributed by atoms with Gasteiger partial charge in [0, 0.05) is 12.8 Å². The molecule has 1 aliphatic heterocycles. The Bertz CT molecular complexity index is 489. The number of nitrogens with one attached hydrogen (secondary N) is 1. The SMILES string of the molecule is O=C(CO)NCC(=O)OCC(O)COC(=O)N1C(=O)CCC1=O. The van der Waals surface area contributed by atoms with Crippen LogP contribution in [0.1, 0.15) is 12.8 Å². The van der Waals surface area contributed by atoms with E-state index in [1.165, 1.54) is 0 Å². The Labute approximate surface area is 130 Å². The maximum Gasteiger partial charge on any atom is 0.423 e. The van der Waals surface area contributed by atoms with Crippen molar-refractivity contribution in [2.45, 2.75) is 18.9 Å². The molecule has 1 saturated heterocycles. The van der Waals surface area contributed by atoms with Crippen LogP contribution in [0.3, 0.4) is 0 Å². The van der Waals surface area contributed by atoms with Gasteiger partial charge >= 0.3 is 12.1 Å². The first-order chi connectivity index (χ1) is 10.8. The second-order valence-corrected chi connectivity index (χ2v) is 4.47. The van der Waals surface area contributed by atoms with Crippen LogP contribution in [-0.4, -0.2) is 77.4 Å². The maximum atomic E-state index is 11.5. The third-order valence-electron chi connectivity index (χ3n) is 2.64. The van der Waals surface area contributed by atoms with Crippen molar-refractivity contribution in [2.75, 3.05) is 26.4 Å². The Morgan fingerprint density at radius 1 is 1.13 bits per heavy atom. The van der Waals surface area contributed by atoms with E-state index >= 15 is 0 Å². The highest BCUT2D eigenvalue weighted by Crippen LogP contribution is 2.12. The van der Waals surface area contributed by atoms with E-state index in [9.17, 15) is 29.1 Å². The zero-order valence-corrected chi connectivity index (χ0v) is 12.0. The number of hydrogen-bond acceptors (Lipinski definition) is 9. The lowest BCUT2D eigenvalue weighted by Crippen LogP contribution is -2.38. The first-order valence-electron chi connectivity index (χ1n) is 6.59. The minimum Gasteiger partial charge on any atom is -0.461 e. The summed E-state index contributed by atoms with van der Waals surface area (Å²) in [5, 5.41) is 19.9. The summed E-state index contributed by atoms with van der Waals surface area (Å²) in [6.07, 6.45) is -2.72. The number of carbonyl (C=O) groups excluding carboxylic acids is 5. The molecule has 1 unspecified atom stereocenters. The summed E-state index contributed by atoms with van der Waals surface area (Å²) in [6, 6.07) is 0. The van der Waals surface area contributed by atoms with E-state index < -0.39 is 62.3 Å². The van der Waals surface area contributed by atoms with Gasteiger partial charge in [0.05, 0.1) is 0 Å². The van der Waals surface area contributed by atoms with E-state index in [-0.39, 0.29) is 12.8 Å². The van der Waals surface area contributed by atoms with Crippen molar-refractivity contribution in [1.82, 2.24) is 10.2 Å². The van der Waals surface area contributed by atoms with E-state index in [2.05, 4.69) is 9.47 Å². The molecule has 0 radical (unpaired) electrons. The van der Waals surface area contributed by atoms with Crippen molar-refractivity contribution < 1.29 is 43.7 Å². The number of carbonyl (C=O) groups is 5. The van der Waals surface area contributed by atoms with Crippen molar-refractivity contribution in [3.63, 3.8) is 0 Å². The topological polar surface area (TPSA) is 160 Å². The Morgan fingerprint density at radius 2 is 1.70 bits per heavy atom. The van der Waals surface area contributed by atoms with Crippen LogP contribution in [0.2, 0.25) is 0 Å². The minimum absolute atomic E-state index is 0.0757. The van der Waals surface area contributed by atoms with Crippen molar-refractivity contribution >= 4 is 29.8 Å². The van der Waals surface area contributed by atoms with Crippen LogP contribution in [0.5, 0.6) is 0 Å². The van der Waals surface area contributed by atoms with Crippen LogP contribution in [0.4, 0.5) is 4.79 Å². The van der Waals surface area contributed by atoms with Crippen LogP contribution in [0, 0.1) is 0 Å². The van der Waals surface area contributed by atoms with E-state index in [0.29, 0.717) is 4.90 Å². The minimum atomic E-state index is -1.37. The van der Waals surface area contributed by atoms with Gasteiger partial charge in [-0.15, -0.1) is 0 Å². The third-order valence-corrected chi connectivity index (χ3v) is 2.64. The highest BCUT2D eigenvalue weighted by molar-refractivity contribution is 6.13. The molecule has 1 fully saturated rings. The molecule has 1 heterocycles. The van der Waals surface area contributed by atoms with Gasteiger partial charge in [-0.25, -0.2) is 4.79 Å². The smallest absolute Gasteiger partial charge is 0.423 e. The van der Waals surface area contributed by atoms with Gasteiger partial charge in [0.2, 0.25) is 17.7 Å². The zero-order chi connectivity index (χ0) is 17.4. The normalized spacial score (nSPS) is 15.3. The largest absolute Gasteiger partial charge is 0.461 e. The number of aliphatic hydroxyl groups is 2. The summed E-state index contributed by atoms with van der Waals surface area (Å²) >= 11 is 0. The lowest BCUT2D eigenvalue weighted by Gasteiger charge is -2.15. The molecule has 0 bridgehead atoms. The van der Waals surface area contributed by atoms with Gasteiger partial charge in [0.1, 0.15) is 32.5 Å². The van der Waals surface area contributed by atoms with Crippen LogP contribution in [0.25, 0.3) is 0 Å². The number of likely N-dealkylation sites (tertiary alicyclic amines) is 1. The zero-order valence-electron chi connectivity index (χ0n) is 12.0. The van der Waals surface area contributed by atoms with Crippen LogP contribution in [-0.2, 0) is 28.7 Å². The van der Waals surface area contributed by atoms with Gasteiger partial charge in [0.25, 0.3) is 0 Å². The first-order valence-corrected chi connectivity index (χ1v) is 6.59. The Hall–Kier alpha value is -2.53. The standard InChI is InChI=1S/C12H16N2O9/c15-4-8(17)13-3-11(20)22-5-7(16)6-23-12(21)14-9(18)1-2-10(14)19/h7,15-16H,1-6H2,(H,13,17). The molecule has 128 valence electrons. The fourth-order valence-corrected chi connectivity index (χ4v) is 1.53. The molecular formula is C12H16N2O9. The number of esters is 1. The van der Waals surface area contributed by atoms with Crippen LogP contribution >= 0.6 is 0 Å². The molecule has 0 saturated carbocycles. The number of hydrogen-bond donors (Lipinski definition) is 3. The Morgan fingerprint density at radius 3 is 2.26 bits per heavy atom. The van der Waals surface area contributed by atoms with E-state index in [0.717, 1.165) is 0 Å². The summed E-state index contributed by atoms with van der Waals surface area (Å²) < 4.78 is 9.15. The van der Waals surface area contributed by atoms with Gasteiger partial charge < -0.3 is 25.0 Å². The molecule has 0 aromatic carbocycles. The van der Waals surface area contributed by atoms with E-state index in [4.69, 9.17) is 5.11 Å². The molecular weight excluding hydrogens is 316 g/mol. The predicted octanol–water partition coefficient (Wildman–Crippen LogP) is -2.72. The molecule has 23 heavy (non-hydrogen) atoms. The molecule has 1 atom stereocenters. The van der Waals surface area contributed by atoms with Crippen LogP contribution < -0.4 is 5.32 Å². The molecule has 3 N–H and O–H groups in total. The van der Waals surface area contributed by atoms with Crippen molar-refractivity contribution in [3.8, 4) is 0 Å². The number of aliphatic hydroxyl groups excluding tert-OH is 2. The third kappa shape index (κ3) is 6.00. The number of rotatable bonds is 7. The van der Waals surface area contributed by atoms with E-state index in [1.54, 1.807) is 0 Å². The lowest BCUT2D eigenvalue weighted by molar-refractivity contribution is -0.147. The number of imide groups is 3. The second kappa shape index (κ2) is 8.80. The molecule has 11 nitrogen and oxygen atoms in total. The monoisotopic (exact) mass is 332 g/mol. The number of ether oxygens (including phenoxy) is 2. The lowest BCUT2D eigenvalue weighted by atomic mass is 10.4. The molecule has 11 heteroatoms. The molecule has 0 aromatic heterocycles. The quantitative estimate of drug-likeness (QED) is 0.332. The van der Waals surface area contributed by atoms with Crippen molar-refractivity contribution in [2.24, 2.45) is 0 Å². The average Bonchev–Trinajstić information content (AvgIpc) is 2.86. The van der Waals surface area contributed by atoms with Gasteiger partial charge in [-0.3, -0.25) is 19.2 Å². The summed E-state index contributed by atoms with van der Waals surface area (Å²) in [6.45, 7) is -2.39. The fraction of sp³-hybridized carbons (Fsp3) is 0.583. The molecule has 0 spiro atoms. The van der Waals surface area contributed by atoms with Crippen LogP contribution in [0.15, 0.2) is 0 Å². The molecule has 0 aliphatic carbocycles. The van der Waals surface area contributed by atoms with Gasteiger partial charge in [-0.05, 0) is 0 Å². The number of amides is 4. The van der Waals surface area contributed by atoms with Crippen molar-refractivity contribution in [1.29, 1.82) is 0 Å².